The lowest BCUT2D eigenvalue weighted by Gasteiger charge is -2.09. The Bertz CT molecular complexity index is 991. The number of methoxy groups -OCH3 is 1. The predicted octanol–water partition coefficient (Wildman–Crippen LogP) is 3.73. The number of hydrogen-bond acceptors (Lipinski definition) is 4. The number of rotatable bonds is 5. The Morgan fingerprint density at radius 2 is 1.78 bits per heavy atom. The quantitative estimate of drug-likeness (QED) is 0.722. The van der Waals surface area contributed by atoms with E-state index in [1.807, 2.05) is 0 Å². The molecule has 0 saturated carbocycles. The first kappa shape index (κ1) is 18.1. The van der Waals surface area contributed by atoms with Crippen LogP contribution in [0.15, 0.2) is 66.9 Å². The van der Waals surface area contributed by atoms with Gasteiger partial charge in [0.05, 0.1) is 12.8 Å². The average Bonchev–Trinajstić information content (AvgIpc) is 2.70. The molecule has 136 valence electrons. The first-order chi connectivity index (χ1) is 13.1. The summed E-state index contributed by atoms with van der Waals surface area (Å²) in [6, 6.07) is 15.5. The number of para-hydroxylation sites is 1. The summed E-state index contributed by atoms with van der Waals surface area (Å²) in [5.41, 5.74) is 0.826. The molecule has 0 spiro atoms. The number of aromatic nitrogens is 1. The standard InChI is InChI=1S/C20H16FN3O3/c1-27-15-6-4-5-14(12-15)23-20(26)18-11-13(9-10-22-18)19(25)24-17-8-3-2-7-16(17)21/h2-12H,1H3,(H,23,26)(H,24,25). The molecule has 0 aliphatic rings. The summed E-state index contributed by atoms with van der Waals surface area (Å²) in [6.07, 6.45) is 1.34. The summed E-state index contributed by atoms with van der Waals surface area (Å²) in [5, 5.41) is 5.15. The van der Waals surface area contributed by atoms with E-state index in [9.17, 15) is 14.0 Å². The fourth-order valence-electron chi connectivity index (χ4n) is 2.35. The summed E-state index contributed by atoms with van der Waals surface area (Å²) in [4.78, 5) is 28.7. The maximum Gasteiger partial charge on any atom is 0.274 e. The number of nitrogens with one attached hydrogen (secondary N) is 2. The first-order valence-electron chi connectivity index (χ1n) is 8.04. The fraction of sp³-hybridized carbons (Fsp3) is 0.0500. The predicted molar refractivity (Wildman–Crippen MR) is 99.5 cm³/mol. The molecule has 7 heteroatoms. The molecule has 1 aromatic heterocycles. The van der Waals surface area contributed by atoms with Crippen LogP contribution in [0.3, 0.4) is 0 Å². The van der Waals surface area contributed by atoms with E-state index in [4.69, 9.17) is 4.74 Å². The highest BCUT2D eigenvalue weighted by molar-refractivity contribution is 6.07. The molecule has 3 rings (SSSR count). The average molecular weight is 365 g/mol. The number of benzene rings is 2. The first-order valence-corrected chi connectivity index (χ1v) is 8.04. The molecule has 2 N–H and O–H groups in total. The van der Waals surface area contributed by atoms with Gasteiger partial charge in [-0.25, -0.2) is 4.39 Å². The van der Waals surface area contributed by atoms with Gasteiger partial charge >= 0.3 is 0 Å². The second-order valence-electron chi connectivity index (χ2n) is 5.55. The molecule has 0 atom stereocenters. The number of halogens is 1. The van der Waals surface area contributed by atoms with Gasteiger partial charge < -0.3 is 15.4 Å². The van der Waals surface area contributed by atoms with E-state index in [2.05, 4.69) is 15.6 Å². The maximum absolute atomic E-state index is 13.7. The lowest BCUT2D eigenvalue weighted by molar-refractivity contribution is 0.102. The number of ether oxygens (including phenoxy) is 1. The Morgan fingerprint density at radius 3 is 2.56 bits per heavy atom. The number of amides is 2. The van der Waals surface area contributed by atoms with Gasteiger partial charge in [-0.1, -0.05) is 18.2 Å². The van der Waals surface area contributed by atoms with Crippen LogP contribution < -0.4 is 15.4 Å². The molecule has 0 radical (unpaired) electrons. The smallest absolute Gasteiger partial charge is 0.274 e. The highest BCUT2D eigenvalue weighted by atomic mass is 19.1. The van der Waals surface area contributed by atoms with E-state index < -0.39 is 17.6 Å². The fourth-order valence-corrected chi connectivity index (χ4v) is 2.35. The second kappa shape index (κ2) is 8.09. The Morgan fingerprint density at radius 1 is 0.963 bits per heavy atom. The van der Waals surface area contributed by atoms with Crippen molar-refractivity contribution in [3.05, 3.63) is 83.9 Å². The highest BCUT2D eigenvalue weighted by Gasteiger charge is 2.14. The van der Waals surface area contributed by atoms with Crippen LogP contribution in [-0.2, 0) is 0 Å². The minimum absolute atomic E-state index is 0.0546. The van der Waals surface area contributed by atoms with Crippen molar-refractivity contribution in [2.45, 2.75) is 0 Å². The molecule has 6 nitrogen and oxygen atoms in total. The topological polar surface area (TPSA) is 80.3 Å². The van der Waals surface area contributed by atoms with Crippen LogP contribution in [0, 0.1) is 5.82 Å². The number of carbonyl (C=O) groups excluding carboxylic acids is 2. The zero-order valence-corrected chi connectivity index (χ0v) is 14.4. The van der Waals surface area contributed by atoms with Gasteiger partial charge in [0.15, 0.2) is 0 Å². The molecule has 2 amide bonds. The van der Waals surface area contributed by atoms with Gasteiger partial charge in [-0.2, -0.15) is 0 Å². The van der Waals surface area contributed by atoms with E-state index in [1.165, 1.54) is 43.6 Å². The van der Waals surface area contributed by atoms with E-state index in [1.54, 1.807) is 30.3 Å². The van der Waals surface area contributed by atoms with Crippen molar-refractivity contribution in [1.29, 1.82) is 0 Å². The molecule has 0 aliphatic heterocycles. The lowest BCUT2D eigenvalue weighted by Crippen LogP contribution is -2.17. The zero-order valence-electron chi connectivity index (χ0n) is 14.4. The van der Waals surface area contributed by atoms with E-state index in [0.717, 1.165) is 0 Å². The summed E-state index contributed by atoms with van der Waals surface area (Å²) < 4.78 is 18.8. The lowest BCUT2D eigenvalue weighted by atomic mass is 10.2. The van der Waals surface area contributed by atoms with Gasteiger partial charge in [0.1, 0.15) is 17.3 Å². The number of pyridine rings is 1. The monoisotopic (exact) mass is 365 g/mol. The van der Waals surface area contributed by atoms with Gasteiger partial charge in [0.2, 0.25) is 0 Å². The third kappa shape index (κ3) is 4.46. The van der Waals surface area contributed by atoms with Crippen molar-refractivity contribution >= 4 is 23.2 Å². The van der Waals surface area contributed by atoms with Crippen LogP contribution in [0.2, 0.25) is 0 Å². The summed E-state index contributed by atoms with van der Waals surface area (Å²) in [7, 11) is 1.53. The number of nitrogens with zero attached hydrogens (tertiary/aromatic N) is 1. The SMILES string of the molecule is COc1cccc(NC(=O)c2cc(C(=O)Nc3ccccc3F)ccn2)c1. The molecule has 27 heavy (non-hydrogen) atoms. The number of hydrogen-bond donors (Lipinski definition) is 2. The van der Waals surface area contributed by atoms with Crippen LogP contribution in [0.25, 0.3) is 0 Å². The van der Waals surface area contributed by atoms with Gasteiger partial charge in [0, 0.05) is 23.5 Å². The molecule has 2 aromatic carbocycles. The van der Waals surface area contributed by atoms with Gasteiger partial charge in [0.25, 0.3) is 11.8 Å². The minimum atomic E-state index is -0.545. The van der Waals surface area contributed by atoms with Crippen molar-refractivity contribution < 1.29 is 18.7 Å². The third-order valence-electron chi connectivity index (χ3n) is 3.70. The maximum atomic E-state index is 13.7. The van der Waals surface area contributed by atoms with Gasteiger partial charge in [-0.15, -0.1) is 0 Å². The number of carbonyl (C=O) groups is 2. The molecular formula is C20H16FN3O3. The van der Waals surface area contributed by atoms with Crippen molar-refractivity contribution in [3.8, 4) is 5.75 Å². The normalized spacial score (nSPS) is 10.1. The van der Waals surface area contributed by atoms with Crippen molar-refractivity contribution in [2.24, 2.45) is 0 Å². The molecule has 1 heterocycles. The largest absolute Gasteiger partial charge is 0.497 e. The van der Waals surface area contributed by atoms with Crippen LogP contribution in [-0.4, -0.2) is 23.9 Å². The molecule has 0 unspecified atom stereocenters. The Balaban J connectivity index is 1.75. The molecule has 3 aromatic rings. The summed E-state index contributed by atoms with van der Waals surface area (Å²) in [5.74, 6) is -0.976. The van der Waals surface area contributed by atoms with E-state index in [-0.39, 0.29) is 16.9 Å². The Labute approximate surface area is 155 Å². The Kier molecular flexibility index (Phi) is 5.41. The molecule has 0 fully saturated rings. The molecule has 0 saturated heterocycles. The second-order valence-corrected chi connectivity index (χ2v) is 5.55. The zero-order chi connectivity index (χ0) is 19.2. The molecule has 0 aliphatic carbocycles. The van der Waals surface area contributed by atoms with Crippen LogP contribution in [0.4, 0.5) is 15.8 Å². The minimum Gasteiger partial charge on any atom is -0.497 e. The third-order valence-corrected chi connectivity index (χ3v) is 3.70. The summed E-state index contributed by atoms with van der Waals surface area (Å²) >= 11 is 0. The van der Waals surface area contributed by atoms with Crippen LogP contribution >= 0.6 is 0 Å². The van der Waals surface area contributed by atoms with E-state index in [0.29, 0.717) is 11.4 Å². The van der Waals surface area contributed by atoms with Crippen LogP contribution in [0.1, 0.15) is 20.8 Å². The summed E-state index contributed by atoms with van der Waals surface area (Å²) in [6.45, 7) is 0. The van der Waals surface area contributed by atoms with Gasteiger partial charge in [-0.05, 0) is 36.4 Å². The van der Waals surface area contributed by atoms with Crippen molar-refractivity contribution in [3.63, 3.8) is 0 Å². The van der Waals surface area contributed by atoms with Gasteiger partial charge in [-0.3, -0.25) is 14.6 Å². The Hall–Kier alpha value is -3.74. The highest BCUT2D eigenvalue weighted by Crippen LogP contribution is 2.18. The van der Waals surface area contributed by atoms with E-state index >= 15 is 0 Å². The molecule has 0 bridgehead atoms. The van der Waals surface area contributed by atoms with Crippen molar-refractivity contribution in [1.82, 2.24) is 4.98 Å². The van der Waals surface area contributed by atoms with Crippen molar-refractivity contribution in [2.75, 3.05) is 17.7 Å². The molecular weight excluding hydrogens is 349 g/mol. The number of anilines is 2. The van der Waals surface area contributed by atoms with Crippen LogP contribution in [0.5, 0.6) is 5.75 Å².